The number of ketones is 2. The molecule has 1 aliphatic rings. The molecular weight excluding hydrogens is 369 g/mol. The second-order valence-corrected chi connectivity index (χ2v) is 6.77. The number of hydrogen-bond acceptors (Lipinski definition) is 4. The first-order valence-electron chi connectivity index (χ1n) is 8.80. The van der Waals surface area contributed by atoms with Gasteiger partial charge in [-0.2, -0.15) is 5.26 Å². The zero-order valence-corrected chi connectivity index (χ0v) is 15.1. The van der Waals surface area contributed by atoms with Crippen LogP contribution in [0.4, 0.5) is 18.9 Å². The maximum absolute atomic E-state index is 13.9. The lowest BCUT2D eigenvalue weighted by Crippen LogP contribution is -2.37. The summed E-state index contributed by atoms with van der Waals surface area (Å²) in [6.45, 7) is 2.20. The zero-order valence-electron chi connectivity index (χ0n) is 15.1. The lowest BCUT2D eigenvalue weighted by Gasteiger charge is -2.34. The van der Waals surface area contributed by atoms with E-state index in [-0.39, 0.29) is 5.78 Å². The molecule has 1 saturated heterocycles. The van der Waals surface area contributed by atoms with Crippen molar-refractivity contribution < 1.29 is 22.8 Å². The second-order valence-electron chi connectivity index (χ2n) is 6.77. The van der Waals surface area contributed by atoms with Crippen LogP contribution >= 0.6 is 0 Å². The van der Waals surface area contributed by atoms with Crippen molar-refractivity contribution in [2.24, 2.45) is 5.92 Å². The highest BCUT2D eigenvalue weighted by Gasteiger charge is 2.30. The SMILES string of the molecule is CC(=O)c1ccc(C#N)cc1N1CCC(C(=O)c2c(F)cc(F)cc2F)CC1. The van der Waals surface area contributed by atoms with Crippen LogP contribution in [0.1, 0.15) is 46.0 Å². The molecule has 1 fully saturated rings. The van der Waals surface area contributed by atoms with Gasteiger partial charge in [0.05, 0.1) is 17.2 Å². The summed E-state index contributed by atoms with van der Waals surface area (Å²) in [6, 6.07) is 7.81. The van der Waals surface area contributed by atoms with Crippen LogP contribution in [0.5, 0.6) is 0 Å². The van der Waals surface area contributed by atoms with Crippen molar-refractivity contribution in [3.63, 3.8) is 0 Å². The van der Waals surface area contributed by atoms with E-state index < -0.39 is 34.7 Å². The molecular formula is C21H17F3N2O2. The number of hydrogen-bond donors (Lipinski definition) is 0. The van der Waals surface area contributed by atoms with Gasteiger partial charge >= 0.3 is 0 Å². The molecule has 0 atom stereocenters. The summed E-state index contributed by atoms with van der Waals surface area (Å²) in [5.74, 6) is -4.92. The average molecular weight is 386 g/mol. The molecule has 2 aromatic carbocycles. The molecule has 0 radical (unpaired) electrons. The van der Waals surface area contributed by atoms with Gasteiger partial charge in [0.1, 0.15) is 17.5 Å². The van der Waals surface area contributed by atoms with Crippen molar-refractivity contribution >= 4 is 17.3 Å². The molecule has 0 amide bonds. The molecule has 0 N–H and O–H groups in total. The third-order valence-electron chi connectivity index (χ3n) is 4.97. The molecule has 2 aromatic rings. The normalized spacial score (nSPS) is 14.6. The van der Waals surface area contributed by atoms with E-state index >= 15 is 0 Å². The zero-order chi connectivity index (χ0) is 20.4. The van der Waals surface area contributed by atoms with Crippen molar-refractivity contribution in [2.45, 2.75) is 19.8 Å². The Balaban J connectivity index is 1.80. The minimum Gasteiger partial charge on any atom is -0.371 e. The van der Waals surface area contributed by atoms with Crippen molar-refractivity contribution in [3.8, 4) is 6.07 Å². The molecule has 0 spiro atoms. The summed E-state index contributed by atoms with van der Waals surface area (Å²) in [4.78, 5) is 26.3. The largest absolute Gasteiger partial charge is 0.371 e. The van der Waals surface area contributed by atoms with Crippen molar-refractivity contribution in [2.75, 3.05) is 18.0 Å². The summed E-state index contributed by atoms with van der Waals surface area (Å²) >= 11 is 0. The van der Waals surface area contributed by atoms with Gasteiger partial charge in [-0.3, -0.25) is 9.59 Å². The monoisotopic (exact) mass is 386 g/mol. The fraction of sp³-hybridized carbons (Fsp3) is 0.286. The number of benzene rings is 2. The molecule has 7 heteroatoms. The van der Waals surface area contributed by atoms with E-state index in [9.17, 15) is 22.8 Å². The lowest BCUT2D eigenvalue weighted by atomic mass is 9.88. The highest BCUT2D eigenvalue weighted by Crippen LogP contribution is 2.30. The first-order valence-corrected chi connectivity index (χ1v) is 8.80. The van der Waals surface area contributed by atoms with Gasteiger partial charge in [0, 0.05) is 42.4 Å². The molecule has 4 nitrogen and oxygen atoms in total. The van der Waals surface area contributed by atoms with E-state index in [0.717, 1.165) is 0 Å². The van der Waals surface area contributed by atoms with Crippen LogP contribution in [0.2, 0.25) is 0 Å². The molecule has 1 aliphatic heterocycles. The van der Waals surface area contributed by atoms with Crippen LogP contribution in [-0.4, -0.2) is 24.7 Å². The van der Waals surface area contributed by atoms with Crippen LogP contribution in [-0.2, 0) is 0 Å². The molecule has 3 rings (SSSR count). The number of carbonyl (C=O) groups excluding carboxylic acids is 2. The summed E-state index contributed by atoms with van der Waals surface area (Å²) in [7, 11) is 0. The van der Waals surface area contributed by atoms with E-state index in [1.807, 2.05) is 11.0 Å². The predicted molar refractivity (Wildman–Crippen MR) is 96.7 cm³/mol. The summed E-state index contributed by atoms with van der Waals surface area (Å²) in [5, 5.41) is 9.11. The fourth-order valence-corrected chi connectivity index (χ4v) is 3.52. The Morgan fingerprint density at radius 2 is 1.68 bits per heavy atom. The number of rotatable bonds is 4. The maximum atomic E-state index is 13.9. The van der Waals surface area contributed by atoms with Crippen molar-refractivity contribution in [3.05, 3.63) is 64.5 Å². The maximum Gasteiger partial charge on any atom is 0.171 e. The van der Waals surface area contributed by atoms with Crippen LogP contribution in [0.15, 0.2) is 30.3 Å². The topological polar surface area (TPSA) is 61.2 Å². The van der Waals surface area contributed by atoms with Crippen LogP contribution in [0.3, 0.4) is 0 Å². The standard InChI is InChI=1S/C21H17F3N2O2/c1-12(27)16-3-2-13(11-25)8-19(16)26-6-4-14(5-7-26)21(28)20-17(23)9-15(22)10-18(20)24/h2-3,8-10,14H,4-7H2,1H3. The molecule has 144 valence electrons. The van der Waals surface area contributed by atoms with Gasteiger partial charge in [-0.15, -0.1) is 0 Å². The Bertz CT molecular complexity index is 967. The minimum atomic E-state index is -1.20. The minimum absolute atomic E-state index is 0.145. The molecule has 1 heterocycles. The fourth-order valence-electron chi connectivity index (χ4n) is 3.52. The Kier molecular flexibility index (Phi) is 5.50. The Hall–Kier alpha value is -3.14. The Labute approximate surface area is 160 Å². The number of halogens is 3. The smallest absolute Gasteiger partial charge is 0.171 e. The number of nitriles is 1. The molecule has 0 aliphatic carbocycles. The van der Waals surface area contributed by atoms with Gasteiger partial charge in [-0.25, -0.2) is 13.2 Å². The highest BCUT2D eigenvalue weighted by molar-refractivity contribution is 6.00. The summed E-state index contributed by atoms with van der Waals surface area (Å²) in [6.07, 6.45) is 0.645. The van der Waals surface area contributed by atoms with Gasteiger partial charge in [0.2, 0.25) is 0 Å². The lowest BCUT2D eigenvalue weighted by molar-refractivity contribution is 0.0890. The molecule has 28 heavy (non-hydrogen) atoms. The molecule has 0 aromatic heterocycles. The van der Waals surface area contributed by atoms with E-state index in [2.05, 4.69) is 0 Å². The number of Topliss-reactive ketones (excluding diaryl/α,β-unsaturated/α-hetero) is 2. The van der Waals surface area contributed by atoms with Gasteiger partial charge in [0.25, 0.3) is 0 Å². The number of piperidine rings is 1. The summed E-state index contributed by atoms with van der Waals surface area (Å²) in [5.41, 5.74) is 0.778. The van der Waals surface area contributed by atoms with E-state index in [4.69, 9.17) is 5.26 Å². The van der Waals surface area contributed by atoms with Gasteiger partial charge < -0.3 is 4.90 Å². The second kappa shape index (κ2) is 7.85. The van der Waals surface area contributed by atoms with E-state index in [1.165, 1.54) is 6.92 Å². The van der Waals surface area contributed by atoms with Gasteiger partial charge in [-0.05, 0) is 38.0 Å². The van der Waals surface area contributed by atoms with Gasteiger partial charge in [0.15, 0.2) is 11.6 Å². The number of anilines is 1. The number of nitrogens with zero attached hydrogens (tertiary/aromatic N) is 2. The predicted octanol–water partition coefficient (Wildman–Crippen LogP) is 4.28. The van der Waals surface area contributed by atoms with Crippen LogP contribution in [0.25, 0.3) is 0 Å². The average Bonchev–Trinajstić information content (AvgIpc) is 2.66. The van der Waals surface area contributed by atoms with E-state index in [0.29, 0.717) is 54.9 Å². The van der Waals surface area contributed by atoms with Gasteiger partial charge in [-0.1, -0.05) is 0 Å². The van der Waals surface area contributed by atoms with Crippen LogP contribution in [0, 0.1) is 34.7 Å². The Morgan fingerprint density at radius 1 is 1.07 bits per heavy atom. The first-order chi connectivity index (χ1) is 13.3. The summed E-state index contributed by atoms with van der Waals surface area (Å²) < 4.78 is 40.9. The number of carbonyl (C=O) groups is 2. The van der Waals surface area contributed by atoms with Crippen molar-refractivity contribution in [1.82, 2.24) is 0 Å². The molecule has 0 unspecified atom stereocenters. The molecule has 0 bridgehead atoms. The molecule has 0 saturated carbocycles. The van der Waals surface area contributed by atoms with Crippen LogP contribution < -0.4 is 4.90 Å². The third-order valence-corrected chi connectivity index (χ3v) is 4.97. The Morgan fingerprint density at radius 3 is 2.21 bits per heavy atom. The third kappa shape index (κ3) is 3.77. The van der Waals surface area contributed by atoms with E-state index in [1.54, 1.807) is 18.2 Å². The quantitative estimate of drug-likeness (QED) is 0.736. The first kappa shape index (κ1) is 19.6. The van der Waals surface area contributed by atoms with Crippen molar-refractivity contribution in [1.29, 1.82) is 5.26 Å². The highest BCUT2D eigenvalue weighted by atomic mass is 19.1.